The van der Waals surface area contributed by atoms with Crippen molar-refractivity contribution in [3.05, 3.63) is 132 Å². The molecule has 6 aromatic carbocycles. The Morgan fingerprint density at radius 2 is 1.03 bits per heavy atom. The van der Waals surface area contributed by atoms with Crippen molar-refractivity contribution in [3.8, 4) is 33.4 Å². The SMILES string of the molecule is CCC(C)c1cccc(-c2ccc(-c3ccc(C)cc3)cc2)c1-c1c(C)c2ccccc2c2ccccc12. The molecule has 0 amide bonds. The summed E-state index contributed by atoms with van der Waals surface area (Å²) in [4.78, 5) is 0. The molecule has 6 aromatic rings. The van der Waals surface area contributed by atoms with Gasteiger partial charge in [0.05, 0.1) is 0 Å². The third-order valence-corrected chi connectivity index (χ3v) is 8.26. The van der Waals surface area contributed by atoms with Crippen LogP contribution in [0.5, 0.6) is 0 Å². The van der Waals surface area contributed by atoms with Crippen LogP contribution in [0.1, 0.15) is 42.9 Å². The molecule has 0 heteroatoms. The van der Waals surface area contributed by atoms with Crippen LogP contribution in [-0.4, -0.2) is 0 Å². The van der Waals surface area contributed by atoms with E-state index in [2.05, 4.69) is 143 Å². The fourth-order valence-electron chi connectivity index (χ4n) is 5.95. The highest BCUT2D eigenvalue weighted by Gasteiger charge is 2.21. The summed E-state index contributed by atoms with van der Waals surface area (Å²) in [6.45, 7) is 9.10. The lowest BCUT2D eigenvalue weighted by molar-refractivity contribution is 0.735. The minimum absolute atomic E-state index is 0.460. The average Bonchev–Trinajstić information content (AvgIpc) is 2.97. The maximum Gasteiger partial charge on any atom is -0.00606 e. The Bertz CT molecular complexity index is 1750. The van der Waals surface area contributed by atoms with Crippen LogP contribution in [-0.2, 0) is 0 Å². The summed E-state index contributed by atoms with van der Waals surface area (Å²) < 4.78 is 0. The monoisotopic (exact) mass is 490 g/mol. The van der Waals surface area contributed by atoms with E-state index in [1.807, 2.05) is 0 Å². The van der Waals surface area contributed by atoms with Crippen molar-refractivity contribution < 1.29 is 0 Å². The molecule has 0 saturated carbocycles. The Labute approximate surface area is 226 Å². The van der Waals surface area contributed by atoms with Gasteiger partial charge in [0.1, 0.15) is 0 Å². The van der Waals surface area contributed by atoms with E-state index in [4.69, 9.17) is 0 Å². The Balaban J connectivity index is 1.63. The predicted molar refractivity (Wildman–Crippen MR) is 166 cm³/mol. The molecule has 0 aliphatic carbocycles. The normalized spacial score (nSPS) is 12.2. The second kappa shape index (κ2) is 9.95. The van der Waals surface area contributed by atoms with Gasteiger partial charge in [-0.15, -0.1) is 0 Å². The Kier molecular flexibility index (Phi) is 6.34. The molecule has 0 aliphatic rings. The molecular weight excluding hydrogens is 456 g/mol. The zero-order chi connectivity index (χ0) is 26.2. The van der Waals surface area contributed by atoms with E-state index in [-0.39, 0.29) is 0 Å². The summed E-state index contributed by atoms with van der Waals surface area (Å²) in [5, 5.41) is 5.32. The molecule has 0 spiro atoms. The van der Waals surface area contributed by atoms with Crippen LogP contribution in [0.25, 0.3) is 54.9 Å². The largest absolute Gasteiger partial charge is 0.0648 e. The van der Waals surface area contributed by atoms with Crippen LogP contribution in [0.4, 0.5) is 0 Å². The van der Waals surface area contributed by atoms with Crippen molar-refractivity contribution in [1.29, 1.82) is 0 Å². The highest BCUT2D eigenvalue weighted by Crippen LogP contribution is 2.46. The first-order valence-corrected chi connectivity index (χ1v) is 13.8. The molecular formula is C38H34. The highest BCUT2D eigenvalue weighted by atomic mass is 14.2. The molecule has 0 heterocycles. The third kappa shape index (κ3) is 4.11. The van der Waals surface area contributed by atoms with Crippen LogP contribution in [0.15, 0.2) is 115 Å². The van der Waals surface area contributed by atoms with Gasteiger partial charge in [-0.3, -0.25) is 0 Å². The van der Waals surface area contributed by atoms with Crippen LogP contribution in [0, 0.1) is 13.8 Å². The lowest BCUT2D eigenvalue weighted by atomic mass is 9.80. The molecule has 0 nitrogen and oxygen atoms in total. The standard InChI is InChI=1S/C38H34/c1-5-26(3)31-15-10-16-33(30-23-21-29(22-24-30)28-19-17-25(2)18-20-28)38(31)37-27(4)32-11-6-7-12-34(32)35-13-8-9-14-36(35)37/h6-24,26H,5H2,1-4H3. The number of hydrogen-bond donors (Lipinski definition) is 0. The second-order valence-electron chi connectivity index (χ2n) is 10.6. The molecule has 0 radical (unpaired) electrons. The molecule has 0 bridgehead atoms. The van der Waals surface area contributed by atoms with Crippen molar-refractivity contribution in [2.75, 3.05) is 0 Å². The minimum Gasteiger partial charge on any atom is -0.0648 e. The predicted octanol–water partition coefficient (Wildman–Crippen LogP) is 11.1. The fraction of sp³-hybridized carbons (Fsp3) is 0.158. The molecule has 0 aliphatic heterocycles. The highest BCUT2D eigenvalue weighted by molar-refractivity contribution is 6.17. The molecule has 0 aromatic heterocycles. The molecule has 0 N–H and O–H groups in total. The number of fused-ring (bicyclic) bond motifs is 3. The van der Waals surface area contributed by atoms with E-state index < -0.39 is 0 Å². The zero-order valence-electron chi connectivity index (χ0n) is 22.8. The first kappa shape index (κ1) is 24.2. The molecule has 1 unspecified atom stereocenters. The number of hydrogen-bond acceptors (Lipinski definition) is 0. The maximum atomic E-state index is 2.36. The number of rotatable bonds is 5. The van der Waals surface area contributed by atoms with Gasteiger partial charge in [0.2, 0.25) is 0 Å². The molecule has 186 valence electrons. The molecule has 0 fully saturated rings. The smallest absolute Gasteiger partial charge is 0.00606 e. The Morgan fingerprint density at radius 1 is 0.500 bits per heavy atom. The van der Waals surface area contributed by atoms with Crippen molar-refractivity contribution in [2.24, 2.45) is 0 Å². The lowest BCUT2D eigenvalue weighted by Gasteiger charge is -2.24. The van der Waals surface area contributed by atoms with Gasteiger partial charge in [-0.25, -0.2) is 0 Å². The van der Waals surface area contributed by atoms with Gasteiger partial charge in [0.25, 0.3) is 0 Å². The first-order valence-electron chi connectivity index (χ1n) is 13.8. The minimum atomic E-state index is 0.460. The summed E-state index contributed by atoms with van der Waals surface area (Å²) in [6, 6.07) is 42.6. The van der Waals surface area contributed by atoms with Crippen molar-refractivity contribution >= 4 is 21.5 Å². The summed E-state index contributed by atoms with van der Waals surface area (Å²) in [5.41, 5.74) is 11.9. The maximum absolute atomic E-state index is 2.36. The number of aryl methyl sites for hydroxylation is 2. The molecule has 6 rings (SSSR count). The number of benzene rings is 6. The zero-order valence-corrected chi connectivity index (χ0v) is 22.8. The summed E-state index contributed by atoms with van der Waals surface area (Å²) in [7, 11) is 0. The topological polar surface area (TPSA) is 0 Å². The van der Waals surface area contributed by atoms with Gasteiger partial charge in [-0.05, 0) is 92.2 Å². The van der Waals surface area contributed by atoms with Crippen LogP contribution in [0.2, 0.25) is 0 Å². The lowest BCUT2D eigenvalue weighted by Crippen LogP contribution is -2.00. The molecule has 38 heavy (non-hydrogen) atoms. The Hall–Kier alpha value is -4.16. The van der Waals surface area contributed by atoms with Gasteiger partial charge in [0, 0.05) is 0 Å². The van der Waals surface area contributed by atoms with Crippen LogP contribution in [0.3, 0.4) is 0 Å². The molecule has 1 atom stereocenters. The fourth-order valence-corrected chi connectivity index (χ4v) is 5.95. The van der Waals surface area contributed by atoms with Crippen LogP contribution >= 0.6 is 0 Å². The van der Waals surface area contributed by atoms with Gasteiger partial charge >= 0.3 is 0 Å². The summed E-state index contributed by atoms with van der Waals surface area (Å²) in [6.07, 6.45) is 1.10. The molecule has 0 saturated heterocycles. The first-order chi connectivity index (χ1) is 18.6. The van der Waals surface area contributed by atoms with Crippen LogP contribution < -0.4 is 0 Å². The van der Waals surface area contributed by atoms with Gasteiger partial charge in [-0.1, -0.05) is 135 Å². The van der Waals surface area contributed by atoms with Crippen molar-refractivity contribution in [3.63, 3.8) is 0 Å². The average molecular weight is 491 g/mol. The van der Waals surface area contributed by atoms with E-state index >= 15 is 0 Å². The summed E-state index contributed by atoms with van der Waals surface area (Å²) >= 11 is 0. The van der Waals surface area contributed by atoms with E-state index in [0.29, 0.717) is 5.92 Å². The Morgan fingerprint density at radius 3 is 1.66 bits per heavy atom. The van der Waals surface area contributed by atoms with Gasteiger partial charge in [0.15, 0.2) is 0 Å². The third-order valence-electron chi connectivity index (χ3n) is 8.26. The second-order valence-corrected chi connectivity index (χ2v) is 10.6. The van der Waals surface area contributed by atoms with E-state index in [0.717, 1.165) is 6.42 Å². The quantitative estimate of drug-likeness (QED) is 0.211. The van der Waals surface area contributed by atoms with Crippen molar-refractivity contribution in [1.82, 2.24) is 0 Å². The van der Waals surface area contributed by atoms with E-state index in [1.54, 1.807) is 0 Å². The van der Waals surface area contributed by atoms with Crippen molar-refractivity contribution in [2.45, 2.75) is 40.0 Å². The van der Waals surface area contributed by atoms with E-state index in [1.165, 1.54) is 71.6 Å². The summed E-state index contributed by atoms with van der Waals surface area (Å²) in [5.74, 6) is 0.460. The van der Waals surface area contributed by atoms with Gasteiger partial charge in [-0.2, -0.15) is 0 Å². The van der Waals surface area contributed by atoms with Gasteiger partial charge < -0.3 is 0 Å². The van der Waals surface area contributed by atoms with E-state index in [9.17, 15) is 0 Å².